The second-order valence-electron chi connectivity index (χ2n) is 10.9. The van der Waals surface area contributed by atoms with Crippen LogP contribution < -0.4 is 5.73 Å². The highest BCUT2D eigenvalue weighted by atomic mass is 16.4. The molecule has 2 aromatic heterocycles. The van der Waals surface area contributed by atoms with Crippen LogP contribution in [-0.4, -0.2) is 27.0 Å². The van der Waals surface area contributed by atoms with Crippen molar-refractivity contribution in [1.29, 1.82) is 0 Å². The van der Waals surface area contributed by atoms with E-state index >= 15 is 0 Å². The van der Waals surface area contributed by atoms with E-state index in [4.69, 9.17) is 10.8 Å². The second-order valence-corrected chi connectivity index (χ2v) is 10.9. The van der Waals surface area contributed by atoms with Crippen LogP contribution in [0, 0.1) is 0 Å². The molecule has 0 aliphatic heterocycles. The number of aryl methyl sites for hydroxylation is 2. The largest absolute Gasteiger partial charge is 0.478 e. The van der Waals surface area contributed by atoms with Crippen molar-refractivity contribution in [3.63, 3.8) is 0 Å². The van der Waals surface area contributed by atoms with Gasteiger partial charge in [0.1, 0.15) is 0 Å². The van der Waals surface area contributed by atoms with E-state index in [0.717, 1.165) is 49.7 Å². The Kier molecular flexibility index (Phi) is 8.72. The van der Waals surface area contributed by atoms with Gasteiger partial charge in [0.05, 0.1) is 5.56 Å². The Balaban J connectivity index is 0.000000168. The van der Waals surface area contributed by atoms with Gasteiger partial charge < -0.3 is 10.8 Å². The van der Waals surface area contributed by atoms with Gasteiger partial charge in [-0.2, -0.15) is 0 Å². The highest BCUT2D eigenvalue weighted by Crippen LogP contribution is 2.34. The summed E-state index contributed by atoms with van der Waals surface area (Å²) in [6.45, 7) is 4.26. The maximum absolute atomic E-state index is 11.4. The summed E-state index contributed by atoms with van der Waals surface area (Å²) in [4.78, 5) is 30.8. The molecule has 0 bridgehead atoms. The SMILES string of the molecule is CC1=C(Cc2cccnc2)CCc2cc(C(=O)O)ccc21.CC1=C(Cc2cccnc2)CCc2ccc(C(N)=O)cc21. The molecule has 0 spiro atoms. The Hall–Kier alpha value is -4.84. The molecular formula is C36H35N3O3. The van der Waals surface area contributed by atoms with Crippen LogP contribution in [0.15, 0.2) is 96.6 Å². The molecule has 1 amide bonds. The Morgan fingerprint density at radius 1 is 0.714 bits per heavy atom. The molecule has 6 nitrogen and oxygen atoms in total. The number of benzene rings is 2. The summed E-state index contributed by atoms with van der Waals surface area (Å²) < 4.78 is 0. The number of nitrogens with zero attached hydrogens (tertiary/aromatic N) is 2. The lowest BCUT2D eigenvalue weighted by atomic mass is 9.83. The molecule has 6 heteroatoms. The third-order valence-corrected chi connectivity index (χ3v) is 8.29. The first-order chi connectivity index (χ1) is 20.3. The Morgan fingerprint density at radius 3 is 1.83 bits per heavy atom. The normalized spacial score (nSPS) is 14.0. The smallest absolute Gasteiger partial charge is 0.335 e. The number of carboxylic acids is 1. The minimum atomic E-state index is -0.861. The summed E-state index contributed by atoms with van der Waals surface area (Å²) in [6.07, 6.45) is 13.2. The molecule has 2 aliphatic carbocycles. The first-order valence-corrected chi connectivity index (χ1v) is 14.2. The van der Waals surface area contributed by atoms with Crippen LogP contribution in [0.4, 0.5) is 0 Å². The third kappa shape index (κ3) is 6.55. The predicted molar refractivity (Wildman–Crippen MR) is 166 cm³/mol. The van der Waals surface area contributed by atoms with Gasteiger partial charge in [0.25, 0.3) is 0 Å². The van der Waals surface area contributed by atoms with Gasteiger partial charge in [-0.15, -0.1) is 0 Å². The van der Waals surface area contributed by atoms with E-state index in [1.165, 1.54) is 44.5 Å². The fraction of sp³-hybridized carbons (Fsp3) is 0.222. The lowest BCUT2D eigenvalue weighted by molar-refractivity contribution is 0.0696. The van der Waals surface area contributed by atoms with Crippen molar-refractivity contribution in [2.24, 2.45) is 5.73 Å². The van der Waals surface area contributed by atoms with E-state index in [0.29, 0.717) is 11.1 Å². The Labute approximate surface area is 246 Å². The molecule has 3 N–H and O–H groups in total. The van der Waals surface area contributed by atoms with Crippen molar-refractivity contribution in [3.05, 3.63) is 141 Å². The zero-order valence-corrected chi connectivity index (χ0v) is 24.1. The number of nitrogens with two attached hydrogens (primary N) is 1. The van der Waals surface area contributed by atoms with Gasteiger partial charge >= 0.3 is 5.97 Å². The van der Waals surface area contributed by atoms with Crippen molar-refractivity contribution < 1.29 is 14.7 Å². The minimum Gasteiger partial charge on any atom is -0.478 e. The molecule has 2 aliphatic rings. The number of aromatic carboxylic acids is 1. The number of hydrogen-bond donors (Lipinski definition) is 2. The molecule has 0 atom stereocenters. The number of carbonyl (C=O) groups is 2. The van der Waals surface area contributed by atoms with Gasteiger partial charge in [0, 0.05) is 30.4 Å². The molecule has 0 saturated heterocycles. The summed E-state index contributed by atoms with van der Waals surface area (Å²) in [5, 5.41) is 9.08. The van der Waals surface area contributed by atoms with Gasteiger partial charge in [0.2, 0.25) is 5.91 Å². The fourth-order valence-corrected chi connectivity index (χ4v) is 5.86. The molecule has 0 fully saturated rings. The molecule has 6 rings (SSSR count). The van der Waals surface area contributed by atoms with Crippen molar-refractivity contribution in [1.82, 2.24) is 9.97 Å². The first kappa shape index (κ1) is 28.7. The number of primary amides is 1. The summed E-state index contributed by atoms with van der Waals surface area (Å²) in [7, 11) is 0. The van der Waals surface area contributed by atoms with Crippen molar-refractivity contribution >= 4 is 23.0 Å². The number of amides is 1. The Morgan fingerprint density at radius 2 is 1.29 bits per heavy atom. The van der Waals surface area contributed by atoms with Gasteiger partial charge in [-0.1, -0.05) is 35.4 Å². The molecule has 4 aromatic rings. The number of allylic oxidation sites excluding steroid dienone is 4. The van der Waals surface area contributed by atoms with Crippen molar-refractivity contribution in [2.75, 3.05) is 0 Å². The molecule has 0 radical (unpaired) electrons. The lowest BCUT2D eigenvalue weighted by Gasteiger charge is -2.22. The highest BCUT2D eigenvalue weighted by molar-refractivity contribution is 5.94. The molecule has 0 unspecified atom stereocenters. The number of carboxylic acid groups (broad SMARTS) is 1. The first-order valence-electron chi connectivity index (χ1n) is 14.2. The van der Waals surface area contributed by atoms with Crippen LogP contribution in [0.25, 0.3) is 11.1 Å². The van der Waals surface area contributed by atoms with Crippen LogP contribution in [0.3, 0.4) is 0 Å². The molecule has 2 heterocycles. The molecule has 0 saturated carbocycles. The number of fused-ring (bicyclic) bond motifs is 2. The maximum atomic E-state index is 11.4. The predicted octanol–water partition coefficient (Wildman–Crippen LogP) is 6.89. The highest BCUT2D eigenvalue weighted by Gasteiger charge is 2.19. The number of carbonyl (C=O) groups excluding carboxylic acids is 1. The van der Waals surface area contributed by atoms with E-state index in [1.807, 2.05) is 54.9 Å². The standard InChI is InChI=1S/C18H18N2O.C18H17NO2/c1-12-15(9-13-3-2-8-20-11-13)6-4-14-5-7-16(18(19)21)10-17(12)14;1-12-14(9-13-3-2-8-19-11-13)4-5-15-10-16(18(20)21)6-7-17(12)15/h2-3,5,7-8,10-11H,4,6,9H2,1H3,(H2,19,21);2-3,6-8,10-11H,4-5,9H2,1H3,(H,20,21). The van der Waals surface area contributed by atoms with Crippen LogP contribution in [0.1, 0.15) is 80.8 Å². The number of pyridine rings is 2. The summed E-state index contributed by atoms with van der Waals surface area (Å²) >= 11 is 0. The monoisotopic (exact) mass is 557 g/mol. The number of aromatic nitrogens is 2. The minimum absolute atomic E-state index is 0.370. The topological polar surface area (TPSA) is 106 Å². The van der Waals surface area contributed by atoms with Crippen LogP contribution in [0.2, 0.25) is 0 Å². The van der Waals surface area contributed by atoms with Gasteiger partial charge in [-0.05, 0) is 133 Å². The fourth-order valence-electron chi connectivity index (χ4n) is 5.86. The zero-order chi connectivity index (χ0) is 29.6. The van der Waals surface area contributed by atoms with Crippen LogP contribution in [0.5, 0.6) is 0 Å². The van der Waals surface area contributed by atoms with Crippen molar-refractivity contribution in [3.8, 4) is 0 Å². The summed E-state index contributed by atoms with van der Waals surface area (Å²) in [5.74, 6) is -1.23. The molecular weight excluding hydrogens is 522 g/mol. The van der Waals surface area contributed by atoms with E-state index in [9.17, 15) is 9.59 Å². The van der Waals surface area contributed by atoms with E-state index < -0.39 is 5.97 Å². The quantitative estimate of drug-likeness (QED) is 0.269. The maximum Gasteiger partial charge on any atom is 0.335 e. The number of hydrogen-bond acceptors (Lipinski definition) is 4. The lowest BCUT2D eigenvalue weighted by Crippen LogP contribution is -2.13. The van der Waals surface area contributed by atoms with Gasteiger partial charge in [-0.25, -0.2) is 4.79 Å². The second kappa shape index (κ2) is 12.8. The van der Waals surface area contributed by atoms with Crippen LogP contribution >= 0.6 is 0 Å². The summed E-state index contributed by atoms with van der Waals surface area (Å²) in [5.41, 5.74) is 18.9. The average Bonchev–Trinajstić information content (AvgIpc) is 3.01. The van der Waals surface area contributed by atoms with Gasteiger partial charge in [-0.3, -0.25) is 14.8 Å². The summed E-state index contributed by atoms with van der Waals surface area (Å²) in [6, 6.07) is 19.3. The Bertz CT molecular complexity index is 1690. The van der Waals surface area contributed by atoms with Gasteiger partial charge in [0.15, 0.2) is 0 Å². The average molecular weight is 558 g/mol. The molecule has 2 aromatic carbocycles. The zero-order valence-electron chi connectivity index (χ0n) is 24.1. The van der Waals surface area contributed by atoms with Crippen LogP contribution in [-0.2, 0) is 25.7 Å². The van der Waals surface area contributed by atoms with Crippen molar-refractivity contribution in [2.45, 2.75) is 52.4 Å². The van der Waals surface area contributed by atoms with E-state index in [1.54, 1.807) is 18.5 Å². The van der Waals surface area contributed by atoms with E-state index in [2.05, 4.69) is 35.9 Å². The number of rotatable bonds is 6. The van der Waals surface area contributed by atoms with E-state index in [-0.39, 0.29) is 5.91 Å². The molecule has 42 heavy (non-hydrogen) atoms. The molecule has 212 valence electrons. The third-order valence-electron chi connectivity index (χ3n) is 8.29.